The van der Waals surface area contributed by atoms with E-state index in [0.717, 1.165) is 5.46 Å². The Balaban J connectivity index is 3.39. The van der Waals surface area contributed by atoms with Crippen LogP contribution in [0.5, 0.6) is 0 Å². The Kier molecular flexibility index (Phi) is 2.46. The lowest BCUT2D eigenvalue weighted by molar-refractivity contribution is 0.598. The zero-order valence-corrected chi connectivity index (χ0v) is 7.98. The van der Waals surface area contributed by atoms with Crippen LogP contribution in [0.2, 0.25) is 5.02 Å². The molecule has 0 amide bonds. The van der Waals surface area contributed by atoms with Crippen molar-refractivity contribution in [2.24, 2.45) is 5.14 Å². The van der Waals surface area contributed by atoms with Crippen molar-refractivity contribution in [1.29, 1.82) is 0 Å². The Labute approximate surface area is 77.0 Å². The van der Waals surface area contributed by atoms with Crippen LogP contribution in [-0.4, -0.2) is 16.3 Å². The van der Waals surface area contributed by atoms with Crippen LogP contribution >= 0.6 is 11.6 Å². The molecule has 1 rings (SSSR count). The van der Waals surface area contributed by atoms with Crippen LogP contribution in [0, 0.1) is 0 Å². The SMILES string of the molecule is Bc1ccc(S(N)(=O)=O)c(Cl)c1. The lowest BCUT2D eigenvalue weighted by Gasteiger charge is -2.01. The largest absolute Gasteiger partial charge is 0.239 e. The van der Waals surface area contributed by atoms with E-state index >= 15 is 0 Å². The maximum Gasteiger partial charge on any atom is 0.239 e. The van der Waals surface area contributed by atoms with Crippen molar-refractivity contribution >= 4 is 34.9 Å². The summed E-state index contributed by atoms with van der Waals surface area (Å²) in [6.07, 6.45) is 0. The van der Waals surface area contributed by atoms with Gasteiger partial charge in [0.15, 0.2) is 0 Å². The van der Waals surface area contributed by atoms with Gasteiger partial charge in [0.2, 0.25) is 10.0 Å². The molecule has 64 valence electrons. The fourth-order valence-corrected chi connectivity index (χ4v) is 1.98. The predicted octanol–water partition coefficient (Wildman–Crippen LogP) is -0.754. The third-order valence-electron chi connectivity index (χ3n) is 1.39. The summed E-state index contributed by atoms with van der Waals surface area (Å²) >= 11 is 5.65. The molecule has 0 unspecified atom stereocenters. The zero-order valence-electron chi connectivity index (χ0n) is 6.41. The molecule has 0 aromatic heterocycles. The molecular weight excluding hydrogens is 196 g/mol. The number of benzene rings is 1. The van der Waals surface area contributed by atoms with E-state index in [2.05, 4.69) is 0 Å². The second-order valence-electron chi connectivity index (χ2n) is 2.48. The van der Waals surface area contributed by atoms with Gasteiger partial charge in [-0.15, -0.1) is 0 Å². The maximum absolute atomic E-state index is 10.9. The van der Waals surface area contributed by atoms with Crippen molar-refractivity contribution in [2.45, 2.75) is 4.90 Å². The number of hydrogen-bond acceptors (Lipinski definition) is 2. The van der Waals surface area contributed by atoms with Gasteiger partial charge in [-0.25, -0.2) is 13.6 Å². The monoisotopic (exact) mass is 203 g/mol. The van der Waals surface area contributed by atoms with Crippen molar-refractivity contribution in [3.63, 3.8) is 0 Å². The molecule has 0 aliphatic rings. The van der Waals surface area contributed by atoms with E-state index in [1.807, 2.05) is 7.85 Å². The molecule has 0 spiro atoms. The summed E-state index contributed by atoms with van der Waals surface area (Å²) in [6, 6.07) is 4.60. The number of sulfonamides is 1. The van der Waals surface area contributed by atoms with Crippen molar-refractivity contribution in [3.05, 3.63) is 23.2 Å². The lowest BCUT2D eigenvalue weighted by atomic mass is 9.97. The molecule has 0 atom stereocenters. The average molecular weight is 203 g/mol. The van der Waals surface area contributed by atoms with E-state index in [4.69, 9.17) is 16.7 Å². The number of rotatable bonds is 1. The average Bonchev–Trinajstić information content (AvgIpc) is 1.83. The molecule has 0 fully saturated rings. The first kappa shape index (κ1) is 9.57. The molecule has 0 aliphatic heterocycles. The van der Waals surface area contributed by atoms with Crippen molar-refractivity contribution in [3.8, 4) is 0 Å². The van der Waals surface area contributed by atoms with E-state index in [1.54, 1.807) is 12.1 Å². The topological polar surface area (TPSA) is 60.2 Å². The van der Waals surface area contributed by atoms with Crippen LogP contribution < -0.4 is 10.6 Å². The standard InChI is InChI=1S/C6H7BClNO2S/c7-4-1-2-6(5(8)3-4)12(9,10)11/h1-3H,7H2,(H2,9,10,11). The molecule has 0 heterocycles. The van der Waals surface area contributed by atoms with Crippen LogP contribution in [0.15, 0.2) is 23.1 Å². The molecule has 6 heteroatoms. The van der Waals surface area contributed by atoms with Crippen LogP contribution in [0.1, 0.15) is 0 Å². The van der Waals surface area contributed by atoms with Gasteiger partial charge in [-0.3, -0.25) is 0 Å². The van der Waals surface area contributed by atoms with E-state index in [-0.39, 0.29) is 9.92 Å². The second kappa shape index (κ2) is 3.09. The third-order valence-corrected chi connectivity index (χ3v) is 2.79. The third kappa shape index (κ3) is 2.00. The summed E-state index contributed by atoms with van der Waals surface area (Å²) in [7, 11) is -1.86. The lowest BCUT2D eigenvalue weighted by Crippen LogP contribution is -2.14. The Hall–Kier alpha value is -0.515. The molecule has 0 saturated heterocycles. The fraction of sp³-hybridized carbons (Fsp3) is 0. The van der Waals surface area contributed by atoms with E-state index in [9.17, 15) is 8.42 Å². The van der Waals surface area contributed by atoms with E-state index in [1.165, 1.54) is 6.07 Å². The summed E-state index contributed by atoms with van der Waals surface area (Å²) in [4.78, 5) is -0.0326. The molecule has 1 aromatic rings. The highest BCUT2D eigenvalue weighted by Crippen LogP contribution is 2.17. The van der Waals surface area contributed by atoms with Crippen molar-refractivity contribution < 1.29 is 8.42 Å². The first-order valence-electron chi connectivity index (χ1n) is 3.20. The van der Waals surface area contributed by atoms with Gasteiger partial charge in [0.25, 0.3) is 0 Å². The highest BCUT2D eigenvalue weighted by Gasteiger charge is 2.11. The minimum absolute atomic E-state index is 0.0326. The van der Waals surface area contributed by atoms with Gasteiger partial charge < -0.3 is 0 Å². The van der Waals surface area contributed by atoms with Gasteiger partial charge in [-0.2, -0.15) is 0 Å². The fourth-order valence-electron chi connectivity index (χ4n) is 0.837. The van der Waals surface area contributed by atoms with Gasteiger partial charge in [-0.05, 0) is 12.1 Å². The number of nitrogens with two attached hydrogens (primary N) is 1. The van der Waals surface area contributed by atoms with Gasteiger partial charge in [0.05, 0.1) is 5.02 Å². The summed E-state index contributed by atoms with van der Waals surface area (Å²) in [6.45, 7) is 0. The first-order chi connectivity index (χ1) is 5.41. The molecular formula is C6H7BClNO2S. The highest BCUT2D eigenvalue weighted by molar-refractivity contribution is 7.89. The summed E-state index contributed by atoms with van der Waals surface area (Å²) < 4.78 is 21.7. The normalized spacial score (nSPS) is 11.5. The Bertz CT molecular complexity index is 404. The van der Waals surface area contributed by atoms with Gasteiger partial charge in [0, 0.05) is 0 Å². The number of hydrogen-bond donors (Lipinski definition) is 1. The van der Waals surface area contributed by atoms with Crippen LogP contribution in [0.25, 0.3) is 0 Å². The Morgan fingerprint density at radius 3 is 2.42 bits per heavy atom. The molecule has 1 aromatic carbocycles. The predicted molar refractivity (Wildman–Crippen MR) is 51.0 cm³/mol. The summed E-state index contributed by atoms with van der Waals surface area (Å²) in [5, 5.41) is 5.06. The maximum atomic E-state index is 10.9. The molecule has 0 saturated carbocycles. The van der Waals surface area contributed by atoms with Crippen molar-refractivity contribution in [2.75, 3.05) is 0 Å². The van der Waals surface area contributed by atoms with E-state index in [0.29, 0.717) is 0 Å². The smallest absolute Gasteiger partial charge is 0.225 e. The molecule has 2 N–H and O–H groups in total. The molecule has 0 aliphatic carbocycles. The van der Waals surface area contributed by atoms with Gasteiger partial charge in [0.1, 0.15) is 12.7 Å². The molecule has 3 nitrogen and oxygen atoms in total. The number of primary sulfonamides is 1. The minimum atomic E-state index is -3.68. The molecule has 0 bridgehead atoms. The zero-order chi connectivity index (χ0) is 9.35. The van der Waals surface area contributed by atoms with Crippen LogP contribution in [-0.2, 0) is 10.0 Å². The van der Waals surface area contributed by atoms with Gasteiger partial charge >= 0.3 is 0 Å². The Morgan fingerprint density at radius 2 is 2.00 bits per heavy atom. The van der Waals surface area contributed by atoms with E-state index < -0.39 is 10.0 Å². The molecule has 0 radical (unpaired) electrons. The summed E-state index contributed by atoms with van der Waals surface area (Å²) in [5.41, 5.74) is 0.896. The van der Waals surface area contributed by atoms with Crippen molar-refractivity contribution in [1.82, 2.24) is 0 Å². The van der Waals surface area contributed by atoms with Crippen LogP contribution in [0.4, 0.5) is 0 Å². The molecule has 12 heavy (non-hydrogen) atoms. The highest BCUT2D eigenvalue weighted by atomic mass is 35.5. The first-order valence-corrected chi connectivity index (χ1v) is 5.12. The Morgan fingerprint density at radius 1 is 1.42 bits per heavy atom. The summed E-state index contributed by atoms with van der Waals surface area (Å²) in [5.74, 6) is 0. The van der Waals surface area contributed by atoms with Gasteiger partial charge in [-0.1, -0.05) is 23.1 Å². The number of halogens is 1. The van der Waals surface area contributed by atoms with Crippen LogP contribution in [0.3, 0.4) is 0 Å². The minimum Gasteiger partial charge on any atom is -0.225 e. The quantitative estimate of drug-likeness (QED) is 0.610. The second-order valence-corrected chi connectivity index (χ2v) is 4.42.